The molecular formula is C6H15NO3. The minimum Gasteiger partial charge on any atom is -0.396 e. The molecule has 62 valence electrons. The standard InChI is InChI=1S/C6H15NO3/c1-7(3-2-4-8)5-6(9)10/h6,8-10H,2-5H2,1H3. The van der Waals surface area contributed by atoms with E-state index in [1.165, 1.54) is 0 Å². The lowest BCUT2D eigenvalue weighted by molar-refractivity contribution is -0.0576. The van der Waals surface area contributed by atoms with Crippen LogP contribution in [0.5, 0.6) is 0 Å². The molecule has 0 aromatic heterocycles. The van der Waals surface area contributed by atoms with Gasteiger partial charge in [-0.1, -0.05) is 0 Å². The molecule has 0 saturated carbocycles. The second-order valence-corrected chi connectivity index (χ2v) is 2.32. The van der Waals surface area contributed by atoms with Crippen molar-refractivity contribution in [2.24, 2.45) is 0 Å². The summed E-state index contributed by atoms with van der Waals surface area (Å²) in [6, 6.07) is 0. The van der Waals surface area contributed by atoms with E-state index in [9.17, 15) is 0 Å². The van der Waals surface area contributed by atoms with Crippen LogP contribution in [0.1, 0.15) is 6.42 Å². The third-order valence-corrected chi connectivity index (χ3v) is 1.17. The SMILES string of the molecule is CN(CCCO)CC(O)O. The van der Waals surface area contributed by atoms with E-state index in [1.54, 1.807) is 11.9 Å². The van der Waals surface area contributed by atoms with Crippen molar-refractivity contribution in [3.05, 3.63) is 0 Å². The van der Waals surface area contributed by atoms with Gasteiger partial charge < -0.3 is 20.2 Å². The van der Waals surface area contributed by atoms with Crippen molar-refractivity contribution in [2.45, 2.75) is 12.7 Å². The predicted octanol–water partition coefficient (Wildman–Crippen LogP) is -1.39. The molecule has 0 unspecified atom stereocenters. The number of rotatable bonds is 5. The molecule has 0 amide bonds. The van der Waals surface area contributed by atoms with Crippen molar-refractivity contribution in [3.8, 4) is 0 Å². The first-order chi connectivity index (χ1) is 4.66. The van der Waals surface area contributed by atoms with Crippen LogP contribution in [-0.4, -0.2) is 53.3 Å². The Balaban J connectivity index is 3.16. The number of hydrogen-bond acceptors (Lipinski definition) is 4. The summed E-state index contributed by atoms with van der Waals surface area (Å²) in [6.45, 7) is 1.07. The van der Waals surface area contributed by atoms with Crippen LogP contribution in [0.15, 0.2) is 0 Å². The van der Waals surface area contributed by atoms with E-state index in [2.05, 4.69) is 0 Å². The Morgan fingerprint density at radius 2 is 2.00 bits per heavy atom. The Kier molecular flexibility index (Phi) is 5.52. The van der Waals surface area contributed by atoms with E-state index < -0.39 is 6.29 Å². The maximum Gasteiger partial charge on any atom is 0.164 e. The summed E-state index contributed by atoms with van der Waals surface area (Å²) in [5.74, 6) is 0. The van der Waals surface area contributed by atoms with Crippen molar-refractivity contribution >= 4 is 0 Å². The van der Waals surface area contributed by atoms with Gasteiger partial charge in [0, 0.05) is 19.7 Å². The molecule has 0 aliphatic heterocycles. The Morgan fingerprint density at radius 3 is 2.40 bits per heavy atom. The van der Waals surface area contributed by atoms with Gasteiger partial charge in [0.25, 0.3) is 0 Å². The van der Waals surface area contributed by atoms with E-state index in [4.69, 9.17) is 15.3 Å². The summed E-state index contributed by atoms with van der Waals surface area (Å²) in [4.78, 5) is 1.75. The second kappa shape index (κ2) is 5.61. The number of nitrogens with zero attached hydrogens (tertiary/aromatic N) is 1. The third-order valence-electron chi connectivity index (χ3n) is 1.17. The van der Waals surface area contributed by atoms with Gasteiger partial charge in [0.1, 0.15) is 0 Å². The summed E-state index contributed by atoms with van der Waals surface area (Å²) in [6.07, 6.45) is -0.604. The summed E-state index contributed by atoms with van der Waals surface area (Å²) in [5.41, 5.74) is 0. The second-order valence-electron chi connectivity index (χ2n) is 2.32. The lowest BCUT2D eigenvalue weighted by Gasteiger charge is -2.16. The molecule has 0 rings (SSSR count). The van der Waals surface area contributed by atoms with E-state index in [0.29, 0.717) is 13.0 Å². The smallest absolute Gasteiger partial charge is 0.164 e. The van der Waals surface area contributed by atoms with Crippen LogP contribution in [0, 0.1) is 0 Å². The van der Waals surface area contributed by atoms with E-state index in [-0.39, 0.29) is 13.2 Å². The Morgan fingerprint density at radius 1 is 1.40 bits per heavy atom. The zero-order valence-electron chi connectivity index (χ0n) is 6.19. The maximum atomic E-state index is 8.47. The largest absolute Gasteiger partial charge is 0.396 e. The molecule has 3 N–H and O–H groups in total. The summed E-state index contributed by atoms with van der Waals surface area (Å²) >= 11 is 0. The van der Waals surface area contributed by atoms with Gasteiger partial charge in [0.2, 0.25) is 0 Å². The molecule has 0 saturated heterocycles. The highest BCUT2D eigenvalue weighted by Gasteiger charge is 2.01. The molecule has 10 heavy (non-hydrogen) atoms. The zero-order chi connectivity index (χ0) is 7.98. The van der Waals surface area contributed by atoms with Crippen molar-refractivity contribution < 1.29 is 15.3 Å². The van der Waals surface area contributed by atoms with Crippen LogP contribution >= 0.6 is 0 Å². The van der Waals surface area contributed by atoms with Crippen LogP contribution in [0.3, 0.4) is 0 Å². The number of likely N-dealkylation sites (N-methyl/N-ethyl adjacent to an activating group) is 1. The first kappa shape index (κ1) is 9.84. The Bertz CT molecular complexity index is 77.4. The lowest BCUT2D eigenvalue weighted by Crippen LogP contribution is -2.29. The molecule has 4 heteroatoms. The van der Waals surface area contributed by atoms with E-state index in [1.807, 2.05) is 0 Å². The lowest BCUT2D eigenvalue weighted by atomic mass is 10.4. The highest BCUT2D eigenvalue weighted by atomic mass is 16.5. The van der Waals surface area contributed by atoms with E-state index in [0.717, 1.165) is 0 Å². The topological polar surface area (TPSA) is 63.9 Å². The monoisotopic (exact) mass is 149 g/mol. The molecule has 0 atom stereocenters. The van der Waals surface area contributed by atoms with Gasteiger partial charge >= 0.3 is 0 Å². The van der Waals surface area contributed by atoms with E-state index >= 15 is 0 Å². The van der Waals surface area contributed by atoms with Gasteiger partial charge in [0.15, 0.2) is 6.29 Å². The van der Waals surface area contributed by atoms with Crippen molar-refractivity contribution in [2.75, 3.05) is 26.7 Å². The fourth-order valence-electron chi connectivity index (χ4n) is 0.711. The number of hydrogen-bond donors (Lipinski definition) is 3. The molecule has 0 aliphatic rings. The molecule has 0 fully saturated rings. The predicted molar refractivity (Wildman–Crippen MR) is 37.4 cm³/mol. The van der Waals surface area contributed by atoms with Gasteiger partial charge in [-0.15, -0.1) is 0 Å². The van der Waals surface area contributed by atoms with Crippen LogP contribution < -0.4 is 0 Å². The number of aliphatic hydroxyl groups is 3. The molecule has 0 aromatic carbocycles. The Hall–Kier alpha value is -0.160. The molecular weight excluding hydrogens is 134 g/mol. The summed E-state index contributed by atoms with van der Waals surface area (Å²) in [7, 11) is 1.77. The van der Waals surface area contributed by atoms with Gasteiger partial charge in [0.05, 0.1) is 0 Å². The molecule has 0 aromatic rings. The van der Waals surface area contributed by atoms with Crippen LogP contribution in [0.4, 0.5) is 0 Å². The number of aliphatic hydroxyl groups excluding tert-OH is 2. The summed E-state index contributed by atoms with van der Waals surface area (Å²) < 4.78 is 0. The fourth-order valence-corrected chi connectivity index (χ4v) is 0.711. The van der Waals surface area contributed by atoms with Gasteiger partial charge in [-0.3, -0.25) is 0 Å². The van der Waals surface area contributed by atoms with Crippen molar-refractivity contribution in [1.29, 1.82) is 0 Å². The Labute approximate surface area is 60.7 Å². The van der Waals surface area contributed by atoms with Crippen LogP contribution in [0.25, 0.3) is 0 Å². The fraction of sp³-hybridized carbons (Fsp3) is 1.00. The molecule has 0 heterocycles. The first-order valence-electron chi connectivity index (χ1n) is 3.32. The molecule has 0 radical (unpaired) electrons. The highest BCUT2D eigenvalue weighted by molar-refractivity contribution is 4.50. The van der Waals surface area contributed by atoms with Crippen molar-refractivity contribution in [1.82, 2.24) is 4.90 Å². The highest BCUT2D eigenvalue weighted by Crippen LogP contribution is 1.87. The molecule has 0 bridgehead atoms. The quantitative estimate of drug-likeness (QED) is 0.421. The summed E-state index contributed by atoms with van der Waals surface area (Å²) in [5, 5.41) is 25.3. The average Bonchev–Trinajstić information content (AvgIpc) is 1.82. The third kappa shape index (κ3) is 5.97. The zero-order valence-corrected chi connectivity index (χ0v) is 6.19. The first-order valence-corrected chi connectivity index (χ1v) is 3.32. The normalized spacial score (nSPS) is 11.4. The maximum absolute atomic E-state index is 8.47. The average molecular weight is 149 g/mol. The van der Waals surface area contributed by atoms with Gasteiger partial charge in [-0.2, -0.15) is 0 Å². The minimum absolute atomic E-state index is 0.145. The van der Waals surface area contributed by atoms with Crippen molar-refractivity contribution in [3.63, 3.8) is 0 Å². The minimum atomic E-state index is -1.27. The molecule has 0 aliphatic carbocycles. The molecule has 0 spiro atoms. The van der Waals surface area contributed by atoms with Crippen LogP contribution in [-0.2, 0) is 0 Å². The van der Waals surface area contributed by atoms with Gasteiger partial charge in [-0.05, 0) is 13.5 Å². The van der Waals surface area contributed by atoms with Gasteiger partial charge in [-0.25, -0.2) is 0 Å². The van der Waals surface area contributed by atoms with Crippen LogP contribution in [0.2, 0.25) is 0 Å². The molecule has 4 nitrogen and oxygen atoms in total.